The highest BCUT2D eigenvalue weighted by Crippen LogP contribution is 2.30. The largest absolute Gasteiger partial charge is 0.480 e. The number of ether oxygens (including phenoxy) is 1. The first kappa shape index (κ1) is 22.1. The van der Waals surface area contributed by atoms with Gasteiger partial charge in [0.2, 0.25) is 0 Å². The maximum Gasteiger partial charge on any atom is 0.340 e. The van der Waals surface area contributed by atoms with Crippen LogP contribution in [0.2, 0.25) is 0 Å². The number of carbonyl (C=O) groups is 2. The highest BCUT2D eigenvalue weighted by molar-refractivity contribution is 5.87. The van der Waals surface area contributed by atoms with Gasteiger partial charge in [-0.15, -0.1) is 0 Å². The first-order chi connectivity index (χ1) is 14.7. The van der Waals surface area contributed by atoms with Gasteiger partial charge in [-0.3, -0.25) is 9.59 Å². The third-order valence-corrected chi connectivity index (χ3v) is 5.28. The van der Waals surface area contributed by atoms with E-state index in [0.29, 0.717) is 28.9 Å². The van der Waals surface area contributed by atoms with Crippen LogP contribution in [0.5, 0.6) is 5.75 Å². The summed E-state index contributed by atoms with van der Waals surface area (Å²) in [5.41, 5.74) is 3.05. The van der Waals surface area contributed by atoms with Crippen LogP contribution in [0.25, 0.3) is 11.0 Å². The second-order valence-corrected chi connectivity index (χ2v) is 7.55. The van der Waals surface area contributed by atoms with Gasteiger partial charge in [-0.05, 0) is 51.0 Å². The van der Waals surface area contributed by atoms with Crippen molar-refractivity contribution in [1.29, 1.82) is 0 Å². The molecule has 0 spiro atoms. The Balaban J connectivity index is 1.90. The topological polar surface area (TPSA) is 106 Å². The summed E-state index contributed by atoms with van der Waals surface area (Å²) in [6.07, 6.45) is -0.454. The number of amides is 1. The molecular weight excluding hydrogens is 398 g/mol. The zero-order valence-corrected chi connectivity index (χ0v) is 17.9. The molecule has 7 heteroatoms. The second kappa shape index (κ2) is 9.04. The Bertz CT molecular complexity index is 1180. The van der Waals surface area contributed by atoms with Crippen molar-refractivity contribution in [3.8, 4) is 5.75 Å². The summed E-state index contributed by atoms with van der Waals surface area (Å²) >= 11 is 0. The number of benzene rings is 2. The van der Waals surface area contributed by atoms with Crippen molar-refractivity contribution in [2.75, 3.05) is 0 Å². The maximum absolute atomic E-state index is 12.7. The summed E-state index contributed by atoms with van der Waals surface area (Å²) in [6.45, 7) is 6.54. The van der Waals surface area contributed by atoms with Gasteiger partial charge >= 0.3 is 11.6 Å². The molecule has 0 aliphatic rings. The van der Waals surface area contributed by atoms with E-state index < -0.39 is 29.6 Å². The number of carbonyl (C=O) groups excluding carboxylic acids is 1. The Kier molecular flexibility index (Phi) is 6.44. The molecule has 162 valence electrons. The number of rotatable bonds is 7. The van der Waals surface area contributed by atoms with Crippen molar-refractivity contribution < 1.29 is 23.8 Å². The smallest absolute Gasteiger partial charge is 0.340 e. The van der Waals surface area contributed by atoms with Crippen LogP contribution in [0, 0.1) is 13.8 Å². The first-order valence-corrected chi connectivity index (χ1v) is 9.98. The Hall–Kier alpha value is -3.61. The fourth-order valence-electron chi connectivity index (χ4n) is 3.34. The lowest BCUT2D eigenvalue weighted by Crippen LogP contribution is -2.44. The monoisotopic (exact) mass is 423 g/mol. The zero-order chi connectivity index (χ0) is 22.7. The molecule has 3 rings (SSSR count). The highest BCUT2D eigenvalue weighted by atomic mass is 16.5. The molecular formula is C24H25NO6. The summed E-state index contributed by atoms with van der Waals surface area (Å²) in [5.74, 6) is -1.30. The van der Waals surface area contributed by atoms with E-state index in [1.807, 2.05) is 37.3 Å². The second-order valence-electron chi connectivity index (χ2n) is 7.55. The average Bonchev–Trinajstić information content (AvgIpc) is 2.74. The molecule has 0 bridgehead atoms. The van der Waals surface area contributed by atoms with E-state index in [1.54, 1.807) is 19.1 Å². The molecule has 2 aromatic carbocycles. The third-order valence-electron chi connectivity index (χ3n) is 5.28. The Morgan fingerprint density at radius 1 is 1.06 bits per heavy atom. The van der Waals surface area contributed by atoms with Crippen LogP contribution in [0.3, 0.4) is 0 Å². The summed E-state index contributed by atoms with van der Waals surface area (Å²) in [5, 5.41) is 12.1. The number of nitrogens with one attached hydrogen (secondary N) is 1. The Morgan fingerprint density at radius 2 is 1.74 bits per heavy atom. The average molecular weight is 423 g/mol. The van der Waals surface area contributed by atoms with Crippen LogP contribution >= 0.6 is 0 Å². The van der Waals surface area contributed by atoms with Crippen LogP contribution in [0.15, 0.2) is 51.7 Å². The number of carboxylic acids is 1. The van der Waals surface area contributed by atoms with Crippen LogP contribution in [0.1, 0.15) is 36.1 Å². The Labute approximate surface area is 179 Å². The highest BCUT2D eigenvalue weighted by Gasteiger charge is 2.22. The minimum Gasteiger partial charge on any atom is -0.480 e. The fourth-order valence-corrected chi connectivity index (χ4v) is 3.34. The minimum atomic E-state index is -1.13. The normalized spacial score (nSPS) is 12.9. The number of fused-ring (bicyclic) bond motifs is 1. The molecule has 31 heavy (non-hydrogen) atoms. The van der Waals surface area contributed by atoms with Gasteiger partial charge in [0, 0.05) is 22.9 Å². The number of hydrogen-bond acceptors (Lipinski definition) is 5. The summed E-state index contributed by atoms with van der Waals surface area (Å²) in [7, 11) is 0. The maximum atomic E-state index is 12.7. The molecule has 0 fully saturated rings. The molecule has 0 aliphatic heterocycles. The quantitative estimate of drug-likeness (QED) is 0.565. The molecule has 1 heterocycles. The number of aryl methyl sites for hydroxylation is 2. The standard InChI is InChI=1S/C24H25NO6/c1-13-18-10-11-20(30-16(4)22(26)25-15(3)23(27)28)14(2)21(18)31-24(29)19(13)12-17-8-6-5-7-9-17/h5-11,15-16H,12H2,1-4H3,(H,25,26)(H,27,28)/t15-,16+/m0/s1. The molecule has 0 aliphatic carbocycles. The molecule has 0 saturated carbocycles. The molecule has 7 nitrogen and oxygen atoms in total. The van der Waals surface area contributed by atoms with Gasteiger partial charge in [0.1, 0.15) is 17.4 Å². The van der Waals surface area contributed by atoms with E-state index in [-0.39, 0.29) is 0 Å². The van der Waals surface area contributed by atoms with Crippen molar-refractivity contribution in [2.45, 2.75) is 46.3 Å². The number of carboxylic acid groups (broad SMARTS) is 1. The predicted molar refractivity (Wildman–Crippen MR) is 117 cm³/mol. The molecule has 1 aromatic heterocycles. The molecule has 0 unspecified atom stereocenters. The van der Waals surface area contributed by atoms with Gasteiger partial charge in [-0.1, -0.05) is 30.3 Å². The van der Waals surface area contributed by atoms with Crippen molar-refractivity contribution in [1.82, 2.24) is 5.32 Å². The van der Waals surface area contributed by atoms with E-state index in [4.69, 9.17) is 14.3 Å². The van der Waals surface area contributed by atoms with Gasteiger partial charge in [0.25, 0.3) is 5.91 Å². The zero-order valence-electron chi connectivity index (χ0n) is 17.9. The summed E-state index contributed by atoms with van der Waals surface area (Å²) in [4.78, 5) is 35.8. The van der Waals surface area contributed by atoms with Gasteiger partial charge in [-0.2, -0.15) is 0 Å². The first-order valence-electron chi connectivity index (χ1n) is 9.98. The predicted octanol–water partition coefficient (Wildman–Crippen LogP) is 3.36. The van der Waals surface area contributed by atoms with Crippen molar-refractivity contribution >= 4 is 22.8 Å². The molecule has 0 radical (unpaired) electrons. The van der Waals surface area contributed by atoms with Crippen LogP contribution in [-0.2, 0) is 16.0 Å². The molecule has 2 N–H and O–H groups in total. The van der Waals surface area contributed by atoms with E-state index in [0.717, 1.165) is 16.5 Å². The minimum absolute atomic E-state index is 0.386. The lowest BCUT2D eigenvalue weighted by atomic mass is 9.98. The molecule has 1 amide bonds. The van der Waals surface area contributed by atoms with Gasteiger partial charge in [0.05, 0.1) is 0 Å². The van der Waals surface area contributed by atoms with Gasteiger partial charge in [-0.25, -0.2) is 4.79 Å². The van der Waals surface area contributed by atoms with E-state index in [1.165, 1.54) is 13.8 Å². The SMILES string of the molecule is Cc1c(Cc2ccccc2)c(=O)oc2c(C)c(O[C@H](C)C(=O)N[C@@H](C)C(=O)O)ccc12. The van der Waals surface area contributed by atoms with Crippen molar-refractivity contribution in [2.24, 2.45) is 0 Å². The number of hydrogen-bond donors (Lipinski definition) is 2. The van der Waals surface area contributed by atoms with Gasteiger partial charge < -0.3 is 19.6 Å². The van der Waals surface area contributed by atoms with Crippen LogP contribution in [-0.4, -0.2) is 29.1 Å². The summed E-state index contributed by atoms with van der Waals surface area (Å²) < 4.78 is 11.4. The van der Waals surface area contributed by atoms with Gasteiger partial charge in [0.15, 0.2) is 6.10 Å². The van der Waals surface area contributed by atoms with E-state index in [9.17, 15) is 14.4 Å². The molecule has 3 aromatic rings. The van der Waals surface area contributed by atoms with Crippen molar-refractivity contribution in [3.05, 3.63) is 75.1 Å². The third kappa shape index (κ3) is 4.77. The fraction of sp³-hybridized carbons (Fsp3) is 0.292. The van der Waals surface area contributed by atoms with Crippen molar-refractivity contribution in [3.63, 3.8) is 0 Å². The van der Waals surface area contributed by atoms with Crippen LogP contribution < -0.4 is 15.7 Å². The van der Waals surface area contributed by atoms with Crippen LogP contribution in [0.4, 0.5) is 0 Å². The molecule has 0 saturated heterocycles. The Morgan fingerprint density at radius 3 is 2.39 bits per heavy atom. The lowest BCUT2D eigenvalue weighted by molar-refractivity contribution is -0.142. The number of aliphatic carboxylic acids is 1. The molecule has 2 atom stereocenters. The van der Waals surface area contributed by atoms with E-state index in [2.05, 4.69) is 5.32 Å². The summed E-state index contributed by atoms with van der Waals surface area (Å²) in [6, 6.07) is 12.2. The lowest BCUT2D eigenvalue weighted by Gasteiger charge is -2.18. The van der Waals surface area contributed by atoms with E-state index >= 15 is 0 Å².